The molecule has 1 heterocycles. The lowest BCUT2D eigenvalue weighted by molar-refractivity contribution is -0.145. The van der Waals surface area contributed by atoms with E-state index in [4.69, 9.17) is 4.74 Å². The second kappa shape index (κ2) is 3.53. The Hall–Kier alpha value is -0.830. The fourth-order valence-corrected chi connectivity index (χ4v) is 1.11. The van der Waals surface area contributed by atoms with Crippen molar-refractivity contribution in [2.45, 2.75) is 19.4 Å². The minimum atomic E-state index is -0.161. The van der Waals surface area contributed by atoms with E-state index in [0.717, 1.165) is 18.5 Å². The maximum absolute atomic E-state index is 11.1. The van der Waals surface area contributed by atoms with Gasteiger partial charge in [-0.2, -0.15) is 0 Å². The van der Waals surface area contributed by atoms with Crippen LogP contribution in [0.25, 0.3) is 0 Å². The Morgan fingerprint density at radius 1 is 1.91 bits per heavy atom. The molecule has 0 aromatic rings. The molecule has 1 rings (SSSR count). The molecule has 0 bridgehead atoms. The molecule has 0 amide bonds. The van der Waals surface area contributed by atoms with Crippen molar-refractivity contribution in [1.82, 2.24) is 5.32 Å². The summed E-state index contributed by atoms with van der Waals surface area (Å²) in [5.74, 6) is -0.161. The maximum Gasteiger partial charge on any atom is 0.323 e. The van der Waals surface area contributed by atoms with Crippen LogP contribution >= 0.6 is 0 Å². The summed E-state index contributed by atoms with van der Waals surface area (Å²) in [4.78, 5) is 11.1. The van der Waals surface area contributed by atoms with E-state index >= 15 is 0 Å². The third-order valence-electron chi connectivity index (χ3n) is 1.66. The number of esters is 1. The molecule has 1 fully saturated rings. The predicted molar refractivity (Wildman–Crippen MR) is 42.2 cm³/mol. The summed E-state index contributed by atoms with van der Waals surface area (Å²) >= 11 is 0. The summed E-state index contributed by atoms with van der Waals surface area (Å²) in [6.07, 6.45) is 0.721. The number of carbonyl (C=O) groups excluding carboxylic acids is 1. The van der Waals surface area contributed by atoms with Crippen molar-refractivity contribution in [3.05, 3.63) is 12.2 Å². The largest absolute Gasteiger partial charge is 0.465 e. The molecule has 0 aromatic carbocycles. The molecule has 0 spiro atoms. The molecule has 0 unspecified atom stereocenters. The average Bonchev–Trinajstić information content (AvgIpc) is 2.36. The Morgan fingerprint density at radius 3 is 3.09 bits per heavy atom. The van der Waals surface area contributed by atoms with Crippen LogP contribution in [0.15, 0.2) is 12.2 Å². The van der Waals surface area contributed by atoms with Crippen molar-refractivity contribution in [2.24, 2.45) is 0 Å². The Balaban J connectivity index is 2.37. The quantitative estimate of drug-likeness (QED) is 0.465. The zero-order valence-corrected chi connectivity index (χ0v) is 6.72. The predicted octanol–water partition coefficient (Wildman–Crippen LogP) is 0.468. The smallest absolute Gasteiger partial charge is 0.323 e. The summed E-state index contributed by atoms with van der Waals surface area (Å²) in [7, 11) is 0. The van der Waals surface area contributed by atoms with Crippen molar-refractivity contribution in [1.29, 1.82) is 0 Å². The second-order valence-electron chi connectivity index (χ2n) is 2.64. The molecular formula is C8H13NO2. The highest BCUT2D eigenvalue weighted by atomic mass is 16.5. The molecule has 3 nitrogen and oxygen atoms in total. The molecule has 0 aromatic heterocycles. The van der Waals surface area contributed by atoms with Crippen LogP contribution in [0.5, 0.6) is 0 Å². The molecule has 11 heavy (non-hydrogen) atoms. The van der Waals surface area contributed by atoms with E-state index in [1.807, 2.05) is 6.92 Å². The topological polar surface area (TPSA) is 38.3 Å². The van der Waals surface area contributed by atoms with Crippen LogP contribution in [-0.4, -0.2) is 25.2 Å². The zero-order chi connectivity index (χ0) is 8.27. The van der Waals surface area contributed by atoms with Gasteiger partial charge in [-0.25, -0.2) is 0 Å². The van der Waals surface area contributed by atoms with Gasteiger partial charge in [0, 0.05) is 6.54 Å². The SMILES string of the molecule is C=C1CN[C@H](C(=O)OCC)C1. The monoisotopic (exact) mass is 155 g/mol. The summed E-state index contributed by atoms with van der Waals surface area (Å²) in [6.45, 7) is 6.77. The lowest BCUT2D eigenvalue weighted by Gasteiger charge is -2.07. The van der Waals surface area contributed by atoms with Gasteiger partial charge >= 0.3 is 5.97 Å². The summed E-state index contributed by atoms with van der Waals surface area (Å²) < 4.78 is 4.83. The second-order valence-corrected chi connectivity index (χ2v) is 2.64. The summed E-state index contributed by atoms with van der Waals surface area (Å²) in [5.41, 5.74) is 1.07. The fraction of sp³-hybridized carbons (Fsp3) is 0.625. The van der Waals surface area contributed by atoms with Crippen molar-refractivity contribution >= 4 is 5.97 Å². The number of hydrogen-bond acceptors (Lipinski definition) is 3. The molecule has 0 aliphatic carbocycles. The lowest BCUT2D eigenvalue weighted by Crippen LogP contribution is -2.32. The molecule has 1 atom stereocenters. The molecule has 62 valence electrons. The van der Waals surface area contributed by atoms with E-state index in [1.165, 1.54) is 0 Å². The Morgan fingerprint density at radius 2 is 2.64 bits per heavy atom. The highest BCUT2D eigenvalue weighted by molar-refractivity contribution is 5.76. The van der Waals surface area contributed by atoms with Crippen molar-refractivity contribution < 1.29 is 9.53 Å². The highest BCUT2D eigenvalue weighted by Gasteiger charge is 2.24. The lowest BCUT2D eigenvalue weighted by atomic mass is 10.2. The van der Waals surface area contributed by atoms with Crippen LogP contribution in [0.4, 0.5) is 0 Å². The number of ether oxygens (including phenoxy) is 1. The summed E-state index contributed by atoms with van der Waals surface area (Å²) in [6, 6.07) is -0.151. The first-order chi connectivity index (χ1) is 5.24. The minimum absolute atomic E-state index is 0.151. The molecule has 1 aliphatic heterocycles. The molecule has 1 aliphatic rings. The van der Waals surface area contributed by atoms with Gasteiger partial charge in [0.25, 0.3) is 0 Å². The zero-order valence-electron chi connectivity index (χ0n) is 6.72. The third kappa shape index (κ3) is 2.05. The van der Waals surface area contributed by atoms with Crippen LogP contribution in [0.2, 0.25) is 0 Å². The van der Waals surface area contributed by atoms with Crippen LogP contribution in [0, 0.1) is 0 Å². The number of nitrogens with one attached hydrogen (secondary N) is 1. The van der Waals surface area contributed by atoms with Crippen molar-refractivity contribution in [3.63, 3.8) is 0 Å². The molecule has 0 radical (unpaired) electrons. The number of hydrogen-bond donors (Lipinski definition) is 1. The van der Waals surface area contributed by atoms with Gasteiger partial charge in [0.05, 0.1) is 6.61 Å². The molecule has 1 saturated heterocycles. The van der Waals surface area contributed by atoms with Crippen LogP contribution in [0.1, 0.15) is 13.3 Å². The van der Waals surface area contributed by atoms with Crippen molar-refractivity contribution in [3.8, 4) is 0 Å². The van der Waals surface area contributed by atoms with Gasteiger partial charge in [-0.05, 0) is 13.3 Å². The Bertz CT molecular complexity index is 177. The van der Waals surface area contributed by atoms with Gasteiger partial charge in [-0.15, -0.1) is 0 Å². The molecule has 3 heteroatoms. The normalized spacial score (nSPS) is 23.7. The van der Waals surface area contributed by atoms with Gasteiger partial charge in [-0.3, -0.25) is 4.79 Å². The first-order valence-corrected chi connectivity index (χ1v) is 3.80. The van der Waals surface area contributed by atoms with Gasteiger partial charge in [0.2, 0.25) is 0 Å². The minimum Gasteiger partial charge on any atom is -0.465 e. The highest BCUT2D eigenvalue weighted by Crippen LogP contribution is 2.11. The van der Waals surface area contributed by atoms with Gasteiger partial charge in [-0.1, -0.05) is 12.2 Å². The number of rotatable bonds is 2. The number of carbonyl (C=O) groups is 1. The molecule has 0 saturated carbocycles. The van der Waals surface area contributed by atoms with Crippen LogP contribution < -0.4 is 5.32 Å². The Kier molecular flexibility index (Phi) is 2.65. The van der Waals surface area contributed by atoms with Gasteiger partial charge in [0.1, 0.15) is 6.04 Å². The fourth-order valence-electron chi connectivity index (χ4n) is 1.11. The standard InChI is InChI=1S/C8H13NO2/c1-3-11-8(10)7-4-6(2)5-9-7/h7,9H,2-5H2,1H3/t7-/m0/s1. The maximum atomic E-state index is 11.1. The van der Waals surface area contributed by atoms with Crippen molar-refractivity contribution in [2.75, 3.05) is 13.2 Å². The molecular weight excluding hydrogens is 142 g/mol. The van der Waals surface area contributed by atoms with Gasteiger partial charge < -0.3 is 10.1 Å². The van der Waals surface area contributed by atoms with E-state index in [-0.39, 0.29) is 12.0 Å². The third-order valence-corrected chi connectivity index (χ3v) is 1.66. The first-order valence-electron chi connectivity index (χ1n) is 3.80. The first kappa shape index (κ1) is 8.27. The van der Waals surface area contributed by atoms with Crippen LogP contribution in [0.3, 0.4) is 0 Å². The van der Waals surface area contributed by atoms with E-state index in [2.05, 4.69) is 11.9 Å². The van der Waals surface area contributed by atoms with E-state index < -0.39 is 0 Å². The van der Waals surface area contributed by atoms with Crippen LogP contribution in [-0.2, 0) is 9.53 Å². The Labute approximate surface area is 66.4 Å². The van der Waals surface area contributed by atoms with E-state index in [1.54, 1.807) is 0 Å². The van der Waals surface area contributed by atoms with Gasteiger partial charge in [0.15, 0.2) is 0 Å². The van der Waals surface area contributed by atoms with E-state index in [9.17, 15) is 4.79 Å². The molecule has 1 N–H and O–H groups in total. The summed E-state index contributed by atoms with van der Waals surface area (Å²) in [5, 5.41) is 3.02. The van der Waals surface area contributed by atoms with E-state index in [0.29, 0.717) is 6.61 Å². The average molecular weight is 155 g/mol.